The number of hydrogen-bond acceptors (Lipinski definition) is 3. The van der Waals surface area contributed by atoms with E-state index >= 15 is 0 Å². The molecule has 0 aromatic heterocycles. The lowest BCUT2D eigenvalue weighted by Gasteiger charge is -2.46. The Balaban J connectivity index is 2.91. The topological polar surface area (TPSA) is 72.8 Å². The first-order valence-corrected chi connectivity index (χ1v) is 5.21. The smallest absolute Gasteiger partial charge is 0.407 e. The van der Waals surface area contributed by atoms with Gasteiger partial charge in [0.05, 0.1) is 18.7 Å². The maximum Gasteiger partial charge on any atom is 0.407 e. The molecule has 88 valence electrons. The van der Waals surface area contributed by atoms with Crippen molar-refractivity contribution in [2.45, 2.75) is 32.9 Å². The average molecular weight is 216 g/mol. The van der Waals surface area contributed by atoms with E-state index in [0.717, 1.165) is 0 Å². The van der Waals surface area contributed by atoms with Crippen LogP contribution in [0.2, 0.25) is 0 Å². The number of nitrogens with zero attached hydrogens (tertiary/aromatic N) is 1. The first kappa shape index (κ1) is 12.3. The zero-order chi connectivity index (χ0) is 11.6. The van der Waals surface area contributed by atoms with Gasteiger partial charge >= 0.3 is 6.09 Å². The molecule has 5 nitrogen and oxygen atoms in total. The first-order valence-electron chi connectivity index (χ1n) is 5.21. The fourth-order valence-corrected chi connectivity index (χ4v) is 2.29. The van der Waals surface area contributed by atoms with Crippen LogP contribution < -0.4 is 5.32 Å². The summed E-state index contributed by atoms with van der Waals surface area (Å²) in [5, 5.41) is 21.5. The lowest BCUT2D eigenvalue weighted by molar-refractivity contribution is 0.0246. The molecule has 0 radical (unpaired) electrons. The fraction of sp³-hybridized carbons (Fsp3) is 0.900. The molecule has 1 aliphatic heterocycles. The van der Waals surface area contributed by atoms with Crippen LogP contribution in [0.25, 0.3) is 0 Å². The lowest BCUT2D eigenvalue weighted by atomic mass is 9.80. The van der Waals surface area contributed by atoms with Crippen molar-refractivity contribution < 1.29 is 15.0 Å². The molecule has 2 unspecified atom stereocenters. The summed E-state index contributed by atoms with van der Waals surface area (Å²) >= 11 is 0. The van der Waals surface area contributed by atoms with Crippen LogP contribution in [0.4, 0.5) is 4.79 Å². The minimum Gasteiger partial charge on any atom is -0.465 e. The molecular weight excluding hydrogens is 196 g/mol. The minimum absolute atomic E-state index is 0.0360. The molecule has 5 heteroatoms. The van der Waals surface area contributed by atoms with Crippen molar-refractivity contribution in [2.75, 3.05) is 19.7 Å². The highest BCUT2D eigenvalue weighted by Gasteiger charge is 2.41. The van der Waals surface area contributed by atoms with Crippen LogP contribution in [0.5, 0.6) is 0 Å². The highest BCUT2D eigenvalue weighted by molar-refractivity contribution is 5.66. The molecule has 0 aromatic rings. The molecule has 1 rings (SSSR count). The fourth-order valence-electron chi connectivity index (χ4n) is 2.29. The molecule has 0 aliphatic carbocycles. The predicted octanol–water partition coefficient (Wildman–Crippen LogP) is 0.345. The maximum absolute atomic E-state index is 11.1. The minimum atomic E-state index is -0.908. The second kappa shape index (κ2) is 4.37. The van der Waals surface area contributed by atoms with Crippen molar-refractivity contribution >= 4 is 6.09 Å². The quantitative estimate of drug-likeness (QED) is 0.591. The van der Waals surface area contributed by atoms with E-state index in [1.54, 1.807) is 0 Å². The Kier molecular flexibility index (Phi) is 3.57. The standard InChI is InChI=1S/C10H20N2O3/c1-10(2,3)8-7(6-13)11-4-5-12(8)9(14)15/h7-8,11,13H,4-6H2,1-3H3,(H,14,15). The summed E-state index contributed by atoms with van der Waals surface area (Å²) in [4.78, 5) is 12.5. The van der Waals surface area contributed by atoms with Crippen molar-refractivity contribution in [3.8, 4) is 0 Å². The van der Waals surface area contributed by atoms with Gasteiger partial charge in [0, 0.05) is 13.1 Å². The molecule has 0 spiro atoms. The molecule has 15 heavy (non-hydrogen) atoms. The third-order valence-electron chi connectivity index (χ3n) is 2.81. The Hall–Kier alpha value is -0.810. The van der Waals surface area contributed by atoms with E-state index in [4.69, 9.17) is 5.11 Å². The summed E-state index contributed by atoms with van der Waals surface area (Å²) in [6.45, 7) is 7.01. The summed E-state index contributed by atoms with van der Waals surface area (Å²) in [7, 11) is 0. The number of rotatable bonds is 1. The Labute approximate surface area is 90.1 Å². The third kappa shape index (κ3) is 2.60. The number of aliphatic hydroxyl groups excluding tert-OH is 1. The predicted molar refractivity (Wildman–Crippen MR) is 56.9 cm³/mol. The number of amides is 1. The number of carboxylic acid groups (broad SMARTS) is 1. The number of carbonyl (C=O) groups is 1. The lowest BCUT2D eigenvalue weighted by Crippen LogP contribution is -2.64. The summed E-state index contributed by atoms with van der Waals surface area (Å²) in [5.41, 5.74) is -0.181. The van der Waals surface area contributed by atoms with E-state index in [2.05, 4.69) is 5.32 Å². The molecule has 1 amide bonds. The Morgan fingerprint density at radius 2 is 2.13 bits per heavy atom. The summed E-state index contributed by atoms with van der Waals surface area (Å²) in [6, 6.07) is -0.358. The van der Waals surface area contributed by atoms with Crippen LogP contribution in [0.3, 0.4) is 0 Å². The molecule has 1 fully saturated rings. The highest BCUT2D eigenvalue weighted by Crippen LogP contribution is 2.28. The summed E-state index contributed by atoms with van der Waals surface area (Å²) in [6.07, 6.45) is -0.908. The van der Waals surface area contributed by atoms with Gasteiger partial charge in [-0.3, -0.25) is 0 Å². The highest BCUT2D eigenvalue weighted by atomic mass is 16.4. The molecule has 1 aliphatic rings. The van der Waals surface area contributed by atoms with Crippen molar-refractivity contribution in [3.05, 3.63) is 0 Å². The summed E-state index contributed by atoms with van der Waals surface area (Å²) < 4.78 is 0. The SMILES string of the molecule is CC(C)(C)C1C(CO)NCCN1C(=O)O. The van der Waals surface area contributed by atoms with E-state index in [0.29, 0.717) is 13.1 Å². The van der Waals surface area contributed by atoms with Crippen LogP contribution >= 0.6 is 0 Å². The van der Waals surface area contributed by atoms with Crippen molar-refractivity contribution in [3.63, 3.8) is 0 Å². The van der Waals surface area contributed by atoms with Crippen LogP contribution in [0.1, 0.15) is 20.8 Å². The van der Waals surface area contributed by atoms with Crippen molar-refractivity contribution in [1.29, 1.82) is 0 Å². The molecule has 2 atom stereocenters. The van der Waals surface area contributed by atoms with Gasteiger partial charge in [-0.25, -0.2) is 4.79 Å². The zero-order valence-electron chi connectivity index (χ0n) is 9.53. The van der Waals surface area contributed by atoms with Gasteiger partial charge in [-0.15, -0.1) is 0 Å². The number of hydrogen-bond donors (Lipinski definition) is 3. The van der Waals surface area contributed by atoms with Gasteiger partial charge in [-0.2, -0.15) is 0 Å². The van der Waals surface area contributed by atoms with Gasteiger partial charge < -0.3 is 20.4 Å². The molecule has 1 heterocycles. The summed E-state index contributed by atoms with van der Waals surface area (Å²) in [5.74, 6) is 0. The van der Waals surface area contributed by atoms with Gasteiger partial charge in [0.1, 0.15) is 0 Å². The number of nitrogens with one attached hydrogen (secondary N) is 1. The van der Waals surface area contributed by atoms with Gasteiger partial charge in [-0.05, 0) is 5.41 Å². The van der Waals surface area contributed by atoms with E-state index in [1.807, 2.05) is 20.8 Å². The van der Waals surface area contributed by atoms with E-state index in [-0.39, 0.29) is 24.1 Å². The molecular formula is C10H20N2O3. The second-order valence-corrected chi connectivity index (χ2v) is 5.03. The molecule has 0 aromatic carbocycles. The van der Waals surface area contributed by atoms with Crippen LogP contribution in [-0.2, 0) is 0 Å². The Morgan fingerprint density at radius 3 is 2.53 bits per heavy atom. The Bertz CT molecular complexity index is 237. The largest absolute Gasteiger partial charge is 0.465 e. The number of aliphatic hydroxyl groups is 1. The van der Waals surface area contributed by atoms with Gasteiger partial charge in [0.15, 0.2) is 0 Å². The third-order valence-corrected chi connectivity index (χ3v) is 2.81. The van der Waals surface area contributed by atoms with Crippen LogP contribution in [-0.4, -0.2) is 53.0 Å². The second-order valence-electron chi connectivity index (χ2n) is 5.03. The average Bonchev–Trinajstić information content (AvgIpc) is 2.15. The van der Waals surface area contributed by atoms with Crippen molar-refractivity contribution in [1.82, 2.24) is 10.2 Å². The van der Waals surface area contributed by atoms with E-state index in [1.165, 1.54) is 4.90 Å². The van der Waals surface area contributed by atoms with Gasteiger partial charge in [0.25, 0.3) is 0 Å². The van der Waals surface area contributed by atoms with Gasteiger partial charge in [0.2, 0.25) is 0 Å². The van der Waals surface area contributed by atoms with Gasteiger partial charge in [-0.1, -0.05) is 20.8 Å². The maximum atomic E-state index is 11.1. The molecule has 0 saturated carbocycles. The monoisotopic (exact) mass is 216 g/mol. The first-order chi connectivity index (χ1) is 6.88. The molecule has 3 N–H and O–H groups in total. The van der Waals surface area contributed by atoms with Crippen molar-refractivity contribution in [2.24, 2.45) is 5.41 Å². The molecule has 0 bridgehead atoms. The zero-order valence-corrected chi connectivity index (χ0v) is 9.53. The van der Waals surface area contributed by atoms with E-state index in [9.17, 15) is 9.90 Å². The van der Waals surface area contributed by atoms with E-state index < -0.39 is 6.09 Å². The molecule has 1 saturated heterocycles. The Morgan fingerprint density at radius 1 is 1.53 bits per heavy atom. The van der Waals surface area contributed by atoms with Crippen LogP contribution in [0, 0.1) is 5.41 Å². The number of piperazine rings is 1. The normalized spacial score (nSPS) is 27.9. The van der Waals surface area contributed by atoms with Crippen LogP contribution in [0.15, 0.2) is 0 Å².